The number of amides is 1. The van der Waals surface area contributed by atoms with Gasteiger partial charge in [0, 0.05) is 13.1 Å². The molecule has 1 aliphatic heterocycles. The van der Waals surface area contributed by atoms with Crippen LogP contribution in [-0.4, -0.2) is 50.1 Å². The molecular formula is C11H23N3O. The molecule has 1 saturated heterocycles. The summed E-state index contributed by atoms with van der Waals surface area (Å²) in [5.41, 5.74) is -0.468. The van der Waals surface area contributed by atoms with E-state index in [9.17, 15) is 4.79 Å². The van der Waals surface area contributed by atoms with Gasteiger partial charge in [0.1, 0.15) is 0 Å². The maximum Gasteiger partial charge on any atom is 0.239 e. The van der Waals surface area contributed by atoms with E-state index in [1.807, 2.05) is 20.9 Å². The third-order valence-electron chi connectivity index (χ3n) is 3.23. The van der Waals surface area contributed by atoms with E-state index >= 15 is 0 Å². The van der Waals surface area contributed by atoms with Gasteiger partial charge >= 0.3 is 0 Å². The van der Waals surface area contributed by atoms with Gasteiger partial charge < -0.3 is 15.5 Å². The van der Waals surface area contributed by atoms with E-state index in [4.69, 9.17) is 0 Å². The van der Waals surface area contributed by atoms with Gasteiger partial charge in [-0.25, -0.2) is 0 Å². The average Bonchev–Trinajstić information content (AvgIpc) is 2.60. The third-order valence-corrected chi connectivity index (χ3v) is 3.23. The Morgan fingerprint density at radius 3 is 2.67 bits per heavy atom. The van der Waals surface area contributed by atoms with Crippen molar-refractivity contribution in [2.24, 2.45) is 5.92 Å². The van der Waals surface area contributed by atoms with Gasteiger partial charge in [0.2, 0.25) is 5.91 Å². The van der Waals surface area contributed by atoms with Crippen molar-refractivity contribution in [1.82, 2.24) is 15.5 Å². The van der Waals surface area contributed by atoms with Crippen LogP contribution in [0.5, 0.6) is 0 Å². The first kappa shape index (κ1) is 12.5. The summed E-state index contributed by atoms with van der Waals surface area (Å²) in [4.78, 5) is 14.1. The molecule has 2 N–H and O–H groups in total. The predicted molar refractivity (Wildman–Crippen MR) is 61.8 cm³/mol. The fourth-order valence-corrected chi connectivity index (χ4v) is 1.76. The summed E-state index contributed by atoms with van der Waals surface area (Å²) in [5, 5.41) is 6.01. The van der Waals surface area contributed by atoms with Crippen LogP contribution in [0.25, 0.3) is 0 Å². The lowest BCUT2D eigenvalue weighted by Crippen LogP contribution is -2.52. The molecule has 1 heterocycles. The summed E-state index contributed by atoms with van der Waals surface area (Å²) < 4.78 is 0. The van der Waals surface area contributed by atoms with Gasteiger partial charge in [-0.05, 0) is 46.8 Å². The second-order valence-electron chi connectivity index (χ2n) is 5.00. The first-order valence-electron chi connectivity index (χ1n) is 5.61. The van der Waals surface area contributed by atoms with E-state index < -0.39 is 5.54 Å². The topological polar surface area (TPSA) is 44.4 Å². The number of rotatable bonds is 4. The third kappa shape index (κ3) is 3.47. The lowest BCUT2D eigenvalue weighted by Gasteiger charge is -2.23. The number of carbonyl (C=O) groups excluding carboxylic acids is 1. The molecule has 4 heteroatoms. The highest BCUT2D eigenvalue weighted by Crippen LogP contribution is 2.13. The molecule has 1 atom stereocenters. The maximum atomic E-state index is 11.7. The standard InChI is InChI=1S/C11H23N3O/c1-11(2,12-3)10(15)13-7-9-5-6-14(4)8-9/h9,12H,5-8H2,1-4H3,(H,13,15). The van der Waals surface area contributed by atoms with Crippen LogP contribution in [-0.2, 0) is 4.79 Å². The van der Waals surface area contributed by atoms with Gasteiger partial charge in [-0.2, -0.15) is 0 Å². The van der Waals surface area contributed by atoms with Crippen LogP contribution in [0.4, 0.5) is 0 Å². The molecule has 0 saturated carbocycles. The quantitative estimate of drug-likeness (QED) is 0.694. The zero-order valence-electron chi connectivity index (χ0n) is 10.3. The van der Waals surface area contributed by atoms with Crippen LogP contribution in [0.2, 0.25) is 0 Å². The summed E-state index contributed by atoms with van der Waals surface area (Å²) >= 11 is 0. The van der Waals surface area contributed by atoms with Crippen molar-refractivity contribution in [3.05, 3.63) is 0 Å². The van der Waals surface area contributed by atoms with Crippen LogP contribution >= 0.6 is 0 Å². The van der Waals surface area contributed by atoms with Crippen LogP contribution in [0.15, 0.2) is 0 Å². The Hall–Kier alpha value is -0.610. The molecule has 1 fully saturated rings. The van der Waals surface area contributed by atoms with Crippen molar-refractivity contribution in [1.29, 1.82) is 0 Å². The van der Waals surface area contributed by atoms with Crippen LogP contribution < -0.4 is 10.6 Å². The zero-order chi connectivity index (χ0) is 11.5. The molecule has 15 heavy (non-hydrogen) atoms. The zero-order valence-corrected chi connectivity index (χ0v) is 10.3. The lowest BCUT2D eigenvalue weighted by molar-refractivity contribution is -0.126. The highest BCUT2D eigenvalue weighted by molar-refractivity contribution is 5.85. The van der Waals surface area contributed by atoms with Crippen molar-refractivity contribution in [2.45, 2.75) is 25.8 Å². The number of nitrogens with one attached hydrogen (secondary N) is 2. The number of carbonyl (C=O) groups is 1. The van der Waals surface area contributed by atoms with E-state index in [0.29, 0.717) is 5.92 Å². The molecule has 0 bridgehead atoms. The molecule has 88 valence electrons. The predicted octanol–water partition coefficient (Wildman–Crippen LogP) is 0.0523. The molecule has 1 rings (SSSR count). The van der Waals surface area contributed by atoms with Gasteiger partial charge in [-0.15, -0.1) is 0 Å². The van der Waals surface area contributed by atoms with Crippen molar-refractivity contribution < 1.29 is 4.79 Å². The fraction of sp³-hybridized carbons (Fsp3) is 0.909. The summed E-state index contributed by atoms with van der Waals surface area (Å²) in [5.74, 6) is 0.700. The van der Waals surface area contributed by atoms with E-state index in [1.54, 1.807) is 0 Å². The number of hydrogen-bond acceptors (Lipinski definition) is 3. The Kier molecular flexibility index (Phi) is 4.11. The summed E-state index contributed by atoms with van der Waals surface area (Å²) in [7, 11) is 3.93. The highest BCUT2D eigenvalue weighted by Gasteiger charge is 2.26. The van der Waals surface area contributed by atoms with Crippen LogP contribution in [0.3, 0.4) is 0 Å². The second-order valence-corrected chi connectivity index (χ2v) is 5.00. The SMILES string of the molecule is CNC(C)(C)C(=O)NCC1CCN(C)C1. The number of likely N-dealkylation sites (N-methyl/N-ethyl adjacent to an activating group) is 1. The summed E-state index contributed by atoms with van der Waals surface area (Å²) in [6, 6.07) is 0. The molecule has 0 radical (unpaired) electrons. The van der Waals surface area contributed by atoms with Crippen molar-refractivity contribution >= 4 is 5.91 Å². The molecule has 0 aromatic carbocycles. The minimum absolute atomic E-state index is 0.0829. The van der Waals surface area contributed by atoms with Crippen molar-refractivity contribution in [3.63, 3.8) is 0 Å². The van der Waals surface area contributed by atoms with E-state index in [0.717, 1.165) is 19.6 Å². The van der Waals surface area contributed by atoms with E-state index in [2.05, 4.69) is 22.6 Å². The number of likely N-dealkylation sites (tertiary alicyclic amines) is 1. The first-order valence-corrected chi connectivity index (χ1v) is 5.61. The number of hydrogen-bond donors (Lipinski definition) is 2. The Labute approximate surface area is 92.4 Å². The molecule has 0 aromatic heterocycles. The molecule has 1 amide bonds. The van der Waals surface area contributed by atoms with Crippen molar-refractivity contribution in [2.75, 3.05) is 33.7 Å². The van der Waals surface area contributed by atoms with Gasteiger partial charge in [0.05, 0.1) is 5.54 Å². The Morgan fingerprint density at radius 2 is 2.20 bits per heavy atom. The largest absolute Gasteiger partial charge is 0.354 e. The summed E-state index contributed by atoms with van der Waals surface area (Å²) in [6.07, 6.45) is 1.19. The van der Waals surface area contributed by atoms with Gasteiger partial charge in [-0.3, -0.25) is 4.79 Å². The Balaban J connectivity index is 2.28. The molecule has 0 spiro atoms. The van der Waals surface area contributed by atoms with Crippen molar-refractivity contribution in [3.8, 4) is 0 Å². The molecule has 0 aromatic rings. The van der Waals surface area contributed by atoms with Gasteiger partial charge in [0.25, 0.3) is 0 Å². The first-order chi connectivity index (χ1) is 6.95. The smallest absolute Gasteiger partial charge is 0.239 e. The van der Waals surface area contributed by atoms with Gasteiger partial charge in [-0.1, -0.05) is 0 Å². The van der Waals surface area contributed by atoms with E-state index in [1.165, 1.54) is 6.42 Å². The second kappa shape index (κ2) is 4.94. The minimum Gasteiger partial charge on any atom is -0.354 e. The Morgan fingerprint density at radius 1 is 1.53 bits per heavy atom. The lowest BCUT2D eigenvalue weighted by atomic mass is 10.0. The number of nitrogens with zero attached hydrogens (tertiary/aromatic N) is 1. The monoisotopic (exact) mass is 213 g/mol. The summed E-state index contributed by atoms with van der Waals surface area (Å²) in [6.45, 7) is 6.83. The molecule has 4 nitrogen and oxygen atoms in total. The normalized spacial score (nSPS) is 23.1. The maximum absolute atomic E-state index is 11.7. The molecule has 1 unspecified atom stereocenters. The Bertz CT molecular complexity index is 228. The highest BCUT2D eigenvalue weighted by atomic mass is 16.2. The van der Waals surface area contributed by atoms with Gasteiger partial charge in [0.15, 0.2) is 0 Å². The fourth-order valence-electron chi connectivity index (χ4n) is 1.76. The average molecular weight is 213 g/mol. The molecule has 1 aliphatic rings. The molecular weight excluding hydrogens is 190 g/mol. The van der Waals surface area contributed by atoms with Crippen LogP contribution in [0, 0.1) is 5.92 Å². The van der Waals surface area contributed by atoms with E-state index in [-0.39, 0.29) is 5.91 Å². The van der Waals surface area contributed by atoms with Crippen LogP contribution in [0.1, 0.15) is 20.3 Å². The molecule has 0 aliphatic carbocycles. The minimum atomic E-state index is -0.468.